The third-order valence-electron chi connectivity index (χ3n) is 3.06. The maximum Gasteiger partial charge on any atom is 0.319 e. The van der Waals surface area contributed by atoms with Crippen molar-refractivity contribution >= 4 is 23.3 Å². The molecule has 0 heterocycles. The topological polar surface area (TPSA) is 79.5 Å². The van der Waals surface area contributed by atoms with Gasteiger partial charge in [0.25, 0.3) is 0 Å². The predicted octanol–water partition coefficient (Wildman–Crippen LogP) is 2.98. The van der Waals surface area contributed by atoms with Crippen molar-refractivity contribution < 1.29 is 14.3 Å². The van der Waals surface area contributed by atoms with Crippen LogP contribution in [-0.4, -0.2) is 19.0 Å². The van der Waals surface area contributed by atoms with Crippen molar-refractivity contribution in [3.05, 3.63) is 54.1 Å². The van der Waals surface area contributed by atoms with Crippen molar-refractivity contribution in [3.8, 4) is 5.75 Å². The van der Waals surface area contributed by atoms with E-state index in [0.717, 1.165) is 5.56 Å². The van der Waals surface area contributed by atoms with Gasteiger partial charge in [0.1, 0.15) is 5.75 Å². The molecule has 2 rings (SSSR count). The van der Waals surface area contributed by atoms with Gasteiger partial charge in [-0.05, 0) is 23.8 Å². The first kappa shape index (κ1) is 16.4. The van der Waals surface area contributed by atoms with Gasteiger partial charge in [0.05, 0.1) is 12.8 Å². The highest BCUT2D eigenvalue weighted by Crippen LogP contribution is 2.27. The fourth-order valence-electron chi connectivity index (χ4n) is 2.03. The molecule has 0 aliphatic rings. The third-order valence-corrected chi connectivity index (χ3v) is 3.06. The smallest absolute Gasteiger partial charge is 0.319 e. The van der Waals surface area contributed by atoms with Gasteiger partial charge in [-0.15, -0.1) is 0 Å². The molecule has 3 amide bonds. The van der Waals surface area contributed by atoms with Gasteiger partial charge in [-0.3, -0.25) is 4.79 Å². The first-order chi connectivity index (χ1) is 11.1. The molecule has 0 aliphatic heterocycles. The number of ether oxygens (including phenoxy) is 1. The van der Waals surface area contributed by atoms with Crippen molar-refractivity contribution in [2.45, 2.75) is 13.5 Å². The molecule has 0 atom stereocenters. The summed E-state index contributed by atoms with van der Waals surface area (Å²) in [6.07, 6.45) is 0. The summed E-state index contributed by atoms with van der Waals surface area (Å²) in [5, 5.41) is 8.15. The SMILES string of the molecule is COc1ccc(NC(C)=O)cc1NC(=O)NCc1ccccc1. The normalized spacial score (nSPS) is 9.83. The van der Waals surface area contributed by atoms with Gasteiger partial charge in [0.2, 0.25) is 5.91 Å². The fourth-order valence-corrected chi connectivity index (χ4v) is 2.03. The van der Waals surface area contributed by atoms with Crippen molar-refractivity contribution in [1.29, 1.82) is 0 Å². The monoisotopic (exact) mass is 313 g/mol. The maximum atomic E-state index is 12.0. The maximum absolute atomic E-state index is 12.0. The minimum Gasteiger partial charge on any atom is -0.495 e. The Bertz CT molecular complexity index is 687. The van der Waals surface area contributed by atoms with Crippen LogP contribution < -0.4 is 20.7 Å². The summed E-state index contributed by atoms with van der Waals surface area (Å²) in [4.78, 5) is 23.1. The van der Waals surface area contributed by atoms with Crippen LogP contribution in [-0.2, 0) is 11.3 Å². The molecule has 0 radical (unpaired) electrons. The summed E-state index contributed by atoms with van der Waals surface area (Å²) in [5.74, 6) is 0.323. The molecule has 0 unspecified atom stereocenters. The average Bonchev–Trinajstić information content (AvgIpc) is 2.54. The van der Waals surface area contributed by atoms with Gasteiger partial charge in [0, 0.05) is 19.2 Å². The number of urea groups is 1. The highest BCUT2D eigenvalue weighted by molar-refractivity contribution is 5.94. The van der Waals surface area contributed by atoms with Crippen molar-refractivity contribution in [1.82, 2.24) is 5.32 Å². The lowest BCUT2D eigenvalue weighted by molar-refractivity contribution is -0.114. The molecule has 0 aromatic heterocycles. The minimum atomic E-state index is -0.355. The molecule has 6 heteroatoms. The second-order valence-electron chi connectivity index (χ2n) is 4.89. The average molecular weight is 313 g/mol. The summed E-state index contributed by atoms with van der Waals surface area (Å²) in [6, 6.07) is 14.3. The lowest BCUT2D eigenvalue weighted by Gasteiger charge is -2.13. The van der Waals surface area contributed by atoms with E-state index >= 15 is 0 Å². The first-order valence-electron chi connectivity index (χ1n) is 7.13. The number of benzene rings is 2. The number of methoxy groups -OCH3 is 1. The van der Waals surface area contributed by atoms with Crippen LogP contribution >= 0.6 is 0 Å². The molecule has 0 saturated heterocycles. The first-order valence-corrected chi connectivity index (χ1v) is 7.13. The van der Waals surface area contributed by atoms with Gasteiger partial charge in [-0.2, -0.15) is 0 Å². The van der Waals surface area contributed by atoms with E-state index in [0.29, 0.717) is 23.7 Å². The largest absolute Gasteiger partial charge is 0.495 e. The molecule has 0 saturated carbocycles. The number of hydrogen-bond donors (Lipinski definition) is 3. The number of anilines is 2. The number of amides is 3. The zero-order valence-corrected chi connectivity index (χ0v) is 13.1. The van der Waals surface area contributed by atoms with E-state index in [-0.39, 0.29) is 11.9 Å². The highest BCUT2D eigenvalue weighted by atomic mass is 16.5. The third kappa shape index (κ3) is 5.03. The van der Waals surface area contributed by atoms with E-state index in [1.165, 1.54) is 14.0 Å². The van der Waals surface area contributed by atoms with Crippen molar-refractivity contribution in [2.24, 2.45) is 0 Å². The van der Waals surface area contributed by atoms with Crippen LogP contribution in [0.15, 0.2) is 48.5 Å². The second kappa shape index (κ2) is 7.84. The molecule has 0 spiro atoms. The Labute approximate surface area is 134 Å². The van der Waals surface area contributed by atoms with Gasteiger partial charge in [0.15, 0.2) is 0 Å². The van der Waals surface area contributed by atoms with E-state index in [2.05, 4.69) is 16.0 Å². The molecule has 120 valence electrons. The second-order valence-corrected chi connectivity index (χ2v) is 4.89. The Morgan fingerprint density at radius 2 is 1.78 bits per heavy atom. The van der Waals surface area contributed by atoms with Crippen LogP contribution in [0.5, 0.6) is 5.75 Å². The van der Waals surface area contributed by atoms with E-state index < -0.39 is 0 Å². The summed E-state index contributed by atoms with van der Waals surface area (Å²) in [6.45, 7) is 1.84. The number of rotatable bonds is 5. The van der Waals surface area contributed by atoms with Crippen LogP contribution in [0.1, 0.15) is 12.5 Å². The molecule has 0 fully saturated rings. The highest BCUT2D eigenvalue weighted by Gasteiger charge is 2.09. The van der Waals surface area contributed by atoms with Crippen LogP contribution in [0.4, 0.5) is 16.2 Å². The van der Waals surface area contributed by atoms with Gasteiger partial charge >= 0.3 is 6.03 Å². The van der Waals surface area contributed by atoms with Gasteiger partial charge in [-0.25, -0.2) is 4.79 Å². The molecule has 6 nitrogen and oxygen atoms in total. The zero-order chi connectivity index (χ0) is 16.7. The Hall–Kier alpha value is -3.02. The molecular formula is C17H19N3O3. The molecule has 23 heavy (non-hydrogen) atoms. The lowest BCUT2D eigenvalue weighted by atomic mass is 10.2. The van der Waals surface area contributed by atoms with E-state index in [4.69, 9.17) is 4.74 Å². The molecule has 0 bridgehead atoms. The van der Waals surface area contributed by atoms with Crippen LogP contribution in [0.2, 0.25) is 0 Å². The predicted molar refractivity (Wildman–Crippen MR) is 89.6 cm³/mol. The molecule has 2 aromatic rings. The summed E-state index contributed by atoms with van der Waals surface area (Å²) < 4.78 is 5.21. The van der Waals surface area contributed by atoms with Crippen LogP contribution in [0.3, 0.4) is 0 Å². The summed E-state index contributed by atoms with van der Waals surface area (Å²) in [5.41, 5.74) is 2.06. The Balaban J connectivity index is 2.02. The zero-order valence-electron chi connectivity index (χ0n) is 13.1. The van der Waals surface area contributed by atoms with E-state index in [1.807, 2.05) is 30.3 Å². The lowest BCUT2D eigenvalue weighted by Crippen LogP contribution is -2.28. The van der Waals surface area contributed by atoms with Crippen molar-refractivity contribution in [3.63, 3.8) is 0 Å². The number of nitrogens with one attached hydrogen (secondary N) is 3. The number of hydrogen-bond acceptors (Lipinski definition) is 3. The quantitative estimate of drug-likeness (QED) is 0.794. The number of carbonyl (C=O) groups is 2. The minimum absolute atomic E-state index is 0.186. The van der Waals surface area contributed by atoms with Crippen LogP contribution in [0, 0.1) is 0 Å². The summed E-state index contributed by atoms with van der Waals surface area (Å²) >= 11 is 0. The van der Waals surface area contributed by atoms with Gasteiger partial charge in [-0.1, -0.05) is 30.3 Å². The number of carbonyl (C=O) groups excluding carboxylic acids is 2. The van der Waals surface area contributed by atoms with Crippen LogP contribution in [0.25, 0.3) is 0 Å². The molecule has 2 aromatic carbocycles. The van der Waals surface area contributed by atoms with E-state index in [1.54, 1.807) is 18.2 Å². The molecular weight excluding hydrogens is 294 g/mol. The van der Waals surface area contributed by atoms with E-state index in [9.17, 15) is 9.59 Å². The Kier molecular flexibility index (Phi) is 5.57. The van der Waals surface area contributed by atoms with Crippen molar-refractivity contribution in [2.75, 3.05) is 17.7 Å². The Morgan fingerprint density at radius 3 is 2.43 bits per heavy atom. The summed E-state index contributed by atoms with van der Waals surface area (Å²) in [7, 11) is 1.51. The Morgan fingerprint density at radius 1 is 1.04 bits per heavy atom. The fraction of sp³-hybridized carbons (Fsp3) is 0.176. The van der Waals surface area contributed by atoms with Gasteiger partial charge < -0.3 is 20.7 Å². The molecule has 3 N–H and O–H groups in total. The standard InChI is InChI=1S/C17H19N3O3/c1-12(21)19-14-8-9-16(23-2)15(10-14)20-17(22)18-11-13-6-4-3-5-7-13/h3-10H,11H2,1-2H3,(H,19,21)(H2,18,20,22). The molecule has 0 aliphatic carbocycles.